The van der Waals surface area contributed by atoms with Gasteiger partial charge in [-0.1, -0.05) is 0 Å². The van der Waals surface area contributed by atoms with E-state index in [9.17, 15) is 14.7 Å². The van der Waals surface area contributed by atoms with Crippen molar-refractivity contribution in [2.45, 2.75) is 26.3 Å². The van der Waals surface area contributed by atoms with Crippen LogP contribution in [-0.2, 0) is 9.59 Å². The van der Waals surface area contributed by atoms with Gasteiger partial charge in [-0.05, 0) is 20.8 Å². The van der Waals surface area contributed by atoms with Crippen LogP contribution in [0.1, 0.15) is 20.8 Å². The first kappa shape index (κ1) is 10.5. The first-order valence-corrected chi connectivity index (χ1v) is 4.29. The van der Waals surface area contributed by atoms with Crippen molar-refractivity contribution < 1.29 is 14.7 Å². The molecule has 2 N–H and O–H groups in total. The van der Waals surface area contributed by atoms with E-state index in [-0.39, 0.29) is 11.3 Å². The van der Waals surface area contributed by atoms with Crippen molar-refractivity contribution in [1.82, 2.24) is 5.32 Å². The highest BCUT2D eigenvalue weighted by molar-refractivity contribution is 6.46. The average molecular weight is 195 g/mol. The van der Waals surface area contributed by atoms with Crippen molar-refractivity contribution in [1.29, 1.82) is 0 Å². The molecule has 0 aromatic heterocycles. The van der Waals surface area contributed by atoms with Gasteiger partial charge < -0.3 is 10.4 Å². The summed E-state index contributed by atoms with van der Waals surface area (Å²) < 4.78 is 0. The van der Waals surface area contributed by atoms with Crippen LogP contribution in [0.15, 0.2) is 23.6 Å². The average Bonchev–Trinajstić information content (AvgIpc) is 1.97. The van der Waals surface area contributed by atoms with Crippen LogP contribution in [0.25, 0.3) is 0 Å². The number of allylic oxidation sites excluding steroid dienone is 2. The molecule has 0 bridgehead atoms. The third-order valence-corrected chi connectivity index (χ3v) is 1.57. The number of hydrogen-bond acceptors (Lipinski definition) is 4. The molecule has 0 radical (unpaired) electrons. The van der Waals surface area contributed by atoms with Crippen LogP contribution in [0.2, 0.25) is 0 Å². The molecule has 14 heavy (non-hydrogen) atoms. The van der Waals surface area contributed by atoms with Crippen molar-refractivity contribution in [3.05, 3.63) is 23.6 Å². The van der Waals surface area contributed by atoms with Gasteiger partial charge >= 0.3 is 0 Å². The van der Waals surface area contributed by atoms with Crippen LogP contribution in [0.4, 0.5) is 0 Å². The molecule has 0 spiro atoms. The van der Waals surface area contributed by atoms with Crippen molar-refractivity contribution in [2.75, 3.05) is 0 Å². The lowest BCUT2D eigenvalue weighted by molar-refractivity contribution is -0.131. The highest BCUT2D eigenvalue weighted by Crippen LogP contribution is 2.13. The minimum absolute atomic E-state index is 0.190. The van der Waals surface area contributed by atoms with Gasteiger partial charge in [0.15, 0.2) is 0 Å². The Kier molecular flexibility index (Phi) is 2.47. The Balaban J connectivity index is 2.91. The molecule has 1 aliphatic rings. The molecular formula is C10H13NO3. The topological polar surface area (TPSA) is 66.4 Å². The van der Waals surface area contributed by atoms with Gasteiger partial charge in [0, 0.05) is 17.7 Å². The number of aliphatic hydroxyl groups excluding tert-OH is 1. The van der Waals surface area contributed by atoms with Gasteiger partial charge in [-0.3, -0.25) is 9.59 Å². The molecule has 76 valence electrons. The smallest absolute Gasteiger partial charge is 0.229 e. The number of rotatable bonds is 1. The lowest BCUT2D eigenvalue weighted by atomic mass is 10.0. The zero-order valence-corrected chi connectivity index (χ0v) is 8.42. The van der Waals surface area contributed by atoms with Crippen LogP contribution in [0, 0.1) is 0 Å². The Bertz CT molecular complexity index is 345. The predicted octanol–water partition coefficient (Wildman–Crippen LogP) is 0.852. The summed E-state index contributed by atoms with van der Waals surface area (Å²) in [6.45, 7) is 5.67. The standard InChI is InChI=1S/C10H13NO3/c1-10(2,3)11-6-4-8(13)9(14)5-7(6)12/h4-5,11-12H,1-3H3. The van der Waals surface area contributed by atoms with Crippen molar-refractivity contribution in [2.24, 2.45) is 0 Å². The van der Waals surface area contributed by atoms with Crippen LogP contribution >= 0.6 is 0 Å². The van der Waals surface area contributed by atoms with E-state index in [4.69, 9.17) is 0 Å². The lowest BCUT2D eigenvalue weighted by Gasteiger charge is -2.24. The summed E-state index contributed by atoms with van der Waals surface area (Å²) in [7, 11) is 0. The molecule has 4 nitrogen and oxygen atoms in total. The Morgan fingerprint density at radius 1 is 1.14 bits per heavy atom. The molecule has 0 amide bonds. The maximum absolute atomic E-state index is 11.0. The molecule has 0 fully saturated rings. The summed E-state index contributed by atoms with van der Waals surface area (Å²) in [5, 5.41) is 12.3. The van der Waals surface area contributed by atoms with E-state index in [0.29, 0.717) is 5.70 Å². The monoisotopic (exact) mass is 195 g/mol. The second-order valence-corrected chi connectivity index (χ2v) is 4.19. The van der Waals surface area contributed by atoms with E-state index in [1.54, 1.807) is 0 Å². The van der Waals surface area contributed by atoms with E-state index in [2.05, 4.69) is 5.32 Å². The van der Waals surface area contributed by atoms with Gasteiger partial charge in [0.25, 0.3) is 0 Å². The third-order valence-electron chi connectivity index (χ3n) is 1.57. The molecule has 0 aliphatic heterocycles. The summed E-state index contributed by atoms with van der Waals surface area (Å²) in [4.78, 5) is 21.9. The first-order chi connectivity index (χ1) is 6.29. The highest BCUT2D eigenvalue weighted by atomic mass is 16.3. The van der Waals surface area contributed by atoms with Gasteiger partial charge in [0.05, 0.1) is 5.70 Å². The number of carbonyl (C=O) groups excluding carboxylic acids is 2. The van der Waals surface area contributed by atoms with Crippen molar-refractivity contribution in [3.63, 3.8) is 0 Å². The Morgan fingerprint density at radius 3 is 2.14 bits per heavy atom. The SMILES string of the molecule is CC(C)(C)NC1=CC(=O)C(=O)C=C1O. The summed E-state index contributed by atoms with van der Waals surface area (Å²) in [5.41, 5.74) is 0.0241. The summed E-state index contributed by atoms with van der Waals surface area (Å²) in [6.07, 6.45) is 2.04. The highest BCUT2D eigenvalue weighted by Gasteiger charge is 2.22. The van der Waals surface area contributed by atoms with Gasteiger partial charge in [-0.2, -0.15) is 0 Å². The Hall–Kier alpha value is -1.58. The fourth-order valence-electron chi connectivity index (χ4n) is 1.05. The number of aliphatic hydroxyl groups is 1. The second kappa shape index (κ2) is 3.29. The molecular weight excluding hydrogens is 182 g/mol. The summed E-state index contributed by atoms with van der Waals surface area (Å²) >= 11 is 0. The molecule has 0 saturated carbocycles. The van der Waals surface area contributed by atoms with Gasteiger partial charge in [-0.25, -0.2) is 0 Å². The molecule has 0 saturated heterocycles. The third kappa shape index (κ3) is 2.45. The molecule has 1 rings (SSSR count). The quantitative estimate of drug-likeness (QED) is 0.481. The summed E-state index contributed by atoms with van der Waals surface area (Å²) in [6, 6.07) is 0. The van der Waals surface area contributed by atoms with Gasteiger partial charge in [0.2, 0.25) is 11.6 Å². The van der Waals surface area contributed by atoms with E-state index in [1.165, 1.54) is 0 Å². The Labute approximate surface area is 82.3 Å². The molecule has 1 aliphatic carbocycles. The predicted molar refractivity (Wildman–Crippen MR) is 51.7 cm³/mol. The van der Waals surface area contributed by atoms with Crippen molar-refractivity contribution >= 4 is 11.6 Å². The molecule has 0 aromatic rings. The maximum Gasteiger partial charge on any atom is 0.229 e. The minimum atomic E-state index is -0.693. The number of nitrogens with one attached hydrogen (secondary N) is 1. The zero-order valence-electron chi connectivity index (χ0n) is 8.42. The zero-order chi connectivity index (χ0) is 10.9. The van der Waals surface area contributed by atoms with Crippen molar-refractivity contribution in [3.8, 4) is 0 Å². The molecule has 0 aromatic carbocycles. The number of ketones is 2. The second-order valence-electron chi connectivity index (χ2n) is 4.19. The van der Waals surface area contributed by atoms with Crippen LogP contribution in [0.5, 0.6) is 0 Å². The van der Waals surface area contributed by atoms with Crippen LogP contribution in [0.3, 0.4) is 0 Å². The largest absolute Gasteiger partial charge is 0.506 e. The Morgan fingerprint density at radius 2 is 1.64 bits per heavy atom. The fourth-order valence-corrected chi connectivity index (χ4v) is 1.05. The maximum atomic E-state index is 11.0. The lowest BCUT2D eigenvalue weighted by Crippen LogP contribution is -2.37. The number of hydrogen-bond donors (Lipinski definition) is 2. The van der Waals surface area contributed by atoms with Crippen LogP contribution in [-0.4, -0.2) is 22.2 Å². The van der Waals surface area contributed by atoms with Gasteiger partial charge in [-0.15, -0.1) is 0 Å². The number of carbonyl (C=O) groups is 2. The van der Waals surface area contributed by atoms with E-state index < -0.39 is 11.6 Å². The van der Waals surface area contributed by atoms with Gasteiger partial charge in [0.1, 0.15) is 5.76 Å². The normalized spacial score (nSPS) is 17.6. The summed E-state index contributed by atoms with van der Waals surface area (Å²) in [5.74, 6) is -1.50. The fraction of sp³-hybridized carbons (Fsp3) is 0.400. The van der Waals surface area contributed by atoms with E-state index >= 15 is 0 Å². The molecule has 0 atom stereocenters. The van der Waals surface area contributed by atoms with Crippen LogP contribution < -0.4 is 5.32 Å². The molecule has 4 heteroatoms. The molecule has 0 unspecified atom stereocenters. The first-order valence-electron chi connectivity index (χ1n) is 4.29. The minimum Gasteiger partial charge on any atom is -0.506 e. The van der Waals surface area contributed by atoms with E-state index in [0.717, 1.165) is 12.2 Å². The molecule has 0 heterocycles. The van der Waals surface area contributed by atoms with E-state index in [1.807, 2.05) is 20.8 Å².